The molecule has 0 bridgehead atoms. The molecule has 13 heteroatoms. The number of rotatable bonds is 5. The van der Waals surface area contributed by atoms with E-state index in [1.165, 1.54) is 24.3 Å². The Morgan fingerprint density at radius 1 is 0.939 bits per heavy atom. The van der Waals surface area contributed by atoms with E-state index in [2.05, 4.69) is 14.8 Å². The Labute approximate surface area is 185 Å². The maximum atomic E-state index is 13.2. The fourth-order valence-corrected chi connectivity index (χ4v) is 3.92. The molecule has 0 saturated heterocycles. The molecule has 0 atom stereocenters. The van der Waals surface area contributed by atoms with Crippen LogP contribution in [0, 0.1) is 0 Å². The van der Waals surface area contributed by atoms with E-state index in [1.807, 2.05) is 0 Å². The van der Waals surface area contributed by atoms with E-state index in [4.69, 9.17) is 0 Å². The number of carbonyl (C=O) groups excluding carboxylic acids is 4. The van der Waals surface area contributed by atoms with Crippen molar-refractivity contribution in [3.05, 3.63) is 58.3 Å². The summed E-state index contributed by atoms with van der Waals surface area (Å²) in [5.74, 6) is -6.98. The molecule has 12 nitrogen and oxygen atoms in total. The van der Waals surface area contributed by atoms with Crippen LogP contribution in [-0.2, 0) is 29.2 Å². The summed E-state index contributed by atoms with van der Waals surface area (Å²) in [6.07, 6.45) is 0.570. The first kappa shape index (κ1) is 23.4. The fourth-order valence-electron chi connectivity index (χ4n) is 3.23. The van der Waals surface area contributed by atoms with Crippen LogP contribution in [0.2, 0.25) is 0 Å². The van der Waals surface area contributed by atoms with E-state index >= 15 is 0 Å². The van der Waals surface area contributed by atoms with Crippen LogP contribution in [0.25, 0.3) is 0 Å². The number of anilines is 1. The first-order valence-corrected chi connectivity index (χ1v) is 10.3. The molecule has 0 amide bonds. The smallest absolute Gasteiger partial charge is 0.354 e. The van der Waals surface area contributed by atoms with Crippen molar-refractivity contribution in [3.8, 4) is 11.5 Å². The standard InChI is InChI=1S/C20H15NO11S/c1-31-11(22)7-10(20(27)32-2)21-14-12-13(17(25)19(18(14)26)33(28,29)30)16(24)9-6-4-3-5-8(9)15(12)23/h3-7,21,25-26H,1-2H3,(H,28,29,30)/b10-7+. The van der Waals surface area contributed by atoms with Crippen LogP contribution in [0.15, 0.2) is 40.9 Å². The van der Waals surface area contributed by atoms with E-state index in [9.17, 15) is 42.4 Å². The van der Waals surface area contributed by atoms with Crippen molar-refractivity contribution in [2.75, 3.05) is 19.5 Å². The quantitative estimate of drug-likeness (QED) is 0.133. The normalized spacial score (nSPS) is 13.1. The van der Waals surface area contributed by atoms with Crippen molar-refractivity contribution in [1.82, 2.24) is 0 Å². The van der Waals surface area contributed by atoms with Crippen LogP contribution in [0.5, 0.6) is 11.5 Å². The van der Waals surface area contributed by atoms with E-state index in [0.29, 0.717) is 6.08 Å². The SMILES string of the molecule is COC(=O)/C=C(/Nc1c(O)c(S(=O)(=O)O)c(O)c2c1C(=O)c1ccccc1C2=O)C(=O)OC. The lowest BCUT2D eigenvalue weighted by Gasteiger charge is -2.24. The molecule has 3 rings (SSSR count). The molecular weight excluding hydrogens is 462 g/mol. The number of esters is 2. The average molecular weight is 477 g/mol. The summed E-state index contributed by atoms with van der Waals surface area (Å²) in [7, 11) is -3.43. The lowest BCUT2D eigenvalue weighted by Crippen LogP contribution is -2.25. The Balaban J connectivity index is 2.43. The van der Waals surface area contributed by atoms with Crippen LogP contribution in [0.3, 0.4) is 0 Å². The highest BCUT2D eigenvalue weighted by Crippen LogP contribution is 2.48. The minimum Gasteiger partial charge on any atom is -0.506 e. The van der Waals surface area contributed by atoms with Gasteiger partial charge in [-0.2, -0.15) is 8.42 Å². The molecule has 0 aliphatic heterocycles. The van der Waals surface area contributed by atoms with Gasteiger partial charge >= 0.3 is 22.1 Å². The number of phenolic OH excluding ortho intramolecular Hbond substituents is 2. The van der Waals surface area contributed by atoms with Crippen molar-refractivity contribution < 1.29 is 51.8 Å². The van der Waals surface area contributed by atoms with E-state index in [0.717, 1.165) is 14.2 Å². The minimum atomic E-state index is -5.36. The molecule has 0 saturated carbocycles. The average Bonchev–Trinajstić information content (AvgIpc) is 2.76. The number of methoxy groups -OCH3 is 2. The number of aromatic hydroxyl groups is 2. The van der Waals surface area contributed by atoms with Crippen LogP contribution >= 0.6 is 0 Å². The van der Waals surface area contributed by atoms with Gasteiger partial charge in [0.1, 0.15) is 5.70 Å². The maximum absolute atomic E-state index is 13.2. The second kappa shape index (κ2) is 8.37. The van der Waals surface area contributed by atoms with Crippen molar-refractivity contribution in [2.45, 2.75) is 4.90 Å². The highest BCUT2D eigenvalue weighted by atomic mass is 32.2. The molecule has 1 aliphatic carbocycles. The molecule has 33 heavy (non-hydrogen) atoms. The van der Waals surface area contributed by atoms with Crippen molar-refractivity contribution >= 4 is 39.3 Å². The van der Waals surface area contributed by atoms with Crippen molar-refractivity contribution in [3.63, 3.8) is 0 Å². The third-order valence-corrected chi connectivity index (χ3v) is 5.56. The first-order chi connectivity index (χ1) is 15.4. The first-order valence-electron chi connectivity index (χ1n) is 8.86. The van der Waals surface area contributed by atoms with E-state index in [-0.39, 0.29) is 11.1 Å². The van der Waals surface area contributed by atoms with Gasteiger partial charge in [-0.3, -0.25) is 14.1 Å². The van der Waals surface area contributed by atoms with Gasteiger partial charge in [0, 0.05) is 11.1 Å². The topological polar surface area (TPSA) is 194 Å². The van der Waals surface area contributed by atoms with Gasteiger partial charge < -0.3 is 25.0 Å². The number of ketones is 2. The summed E-state index contributed by atoms with van der Waals surface area (Å²) in [5, 5.41) is 23.3. The third-order valence-electron chi connectivity index (χ3n) is 4.66. The molecule has 172 valence electrons. The number of fused-ring (bicyclic) bond motifs is 2. The van der Waals surface area contributed by atoms with Crippen molar-refractivity contribution in [2.24, 2.45) is 0 Å². The highest BCUT2D eigenvalue weighted by Gasteiger charge is 2.40. The zero-order valence-electron chi connectivity index (χ0n) is 16.9. The summed E-state index contributed by atoms with van der Waals surface area (Å²) >= 11 is 0. The van der Waals surface area contributed by atoms with Gasteiger partial charge in [-0.15, -0.1) is 0 Å². The summed E-state index contributed by atoms with van der Waals surface area (Å²) in [4.78, 5) is 48.5. The maximum Gasteiger partial charge on any atom is 0.354 e. The molecule has 2 aromatic carbocycles. The molecule has 0 spiro atoms. The molecule has 0 unspecified atom stereocenters. The van der Waals surface area contributed by atoms with Crippen LogP contribution < -0.4 is 5.32 Å². The number of hydrogen-bond donors (Lipinski definition) is 4. The van der Waals surface area contributed by atoms with Gasteiger partial charge in [-0.05, 0) is 0 Å². The largest absolute Gasteiger partial charge is 0.506 e. The summed E-state index contributed by atoms with van der Waals surface area (Å²) in [6.45, 7) is 0. The van der Waals surface area contributed by atoms with Crippen LogP contribution in [-0.4, -0.2) is 60.9 Å². The lowest BCUT2D eigenvalue weighted by molar-refractivity contribution is -0.138. The second-order valence-electron chi connectivity index (χ2n) is 6.53. The zero-order valence-corrected chi connectivity index (χ0v) is 17.7. The molecule has 0 radical (unpaired) electrons. The number of benzene rings is 2. The molecule has 0 aromatic heterocycles. The van der Waals surface area contributed by atoms with Crippen LogP contribution in [0.1, 0.15) is 31.8 Å². The Hall–Kier alpha value is -4.23. The van der Waals surface area contributed by atoms with Gasteiger partial charge in [0.25, 0.3) is 0 Å². The second-order valence-corrected chi connectivity index (χ2v) is 7.89. The highest BCUT2D eigenvalue weighted by molar-refractivity contribution is 7.86. The summed E-state index contributed by atoms with van der Waals surface area (Å²) < 4.78 is 42.2. The molecule has 2 aromatic rings. The van der Waals surface area contributed by atoms with E-state index < -0.39 is 72.5 Å². The molecular formula is C20H15NO11S. The predicted octanol–water partition coefficient (Wildman–Crippen LogP) is 0.762. The predicted molar refractivity (Wildman–Crippen MR) is 109 cm³/mol. The van der Waals surface area contributed by atoms with Crippen molar-refractivity contribution in [1.29, 1.82) is 0 Å². The van der Waals surface area contributed by atoms with Gasteiger partial charge in [0.2, 0.25) is 0 Å². The van der Waals surface area contributed by atoms with Gasteiger partial charge in [0.05, 0.1) is 37.1 Å². The van der Waals surface area contributed by atoms with Crippen LogP contribution in [0.4, 0.5) is 5.69 Å². The van der Waals surface area contributed by atoms with Gasteiger partial charge in [0.15, 0.2) is 28.0 Å². The zero-order chi connectivity index (χ0) is 24.7. The third kappa shape index (κ3) is 3.90. The molecule has 4 N–H and O–H groups in total. The summed E-state index contributed by atoms with van der Waals surface area (Å²) in [5.41, 5.74) is -3.47. The Kier molecular flexibility index (Phi) is 5.94. The number of ether oxygens (including phenoxy) is 2. The number of carbonyl (C=O) groups is 4. The Morgan fingerprint density at radius 3 is 1.97 bits per heavy atom. The number of phenols is 2. The molecule has 0 fully saturated rings. The minimum absolute atomic E-state index is 0.145. The molecule has 0 heterocycles. The monoisotopic (exact) mass is 477 g/mol. The fraction of sp³-hybridized carbons (Fsp3) is 0.100. The Bertz CT molecular complexity index is 1370. The molecule has 1 aliphatic rings. The number of nitrogens with one attached hydrogen (secondary N) is 1. The lowest BCUT2D eigenvalue weighted by atomic mass is 9.82. The Morgan fingerprint density at radius 2 is 1.48 bits per heavy atom. The van der Waals surface area contributed by atoms with Gasteiger partial charge in [-0.1, -0.05) is 24.3 Å². The van der Waals surface area contributed by atoms with Gasteiger partial charge in [-0.25, -0.2) is 9.59 Å². The number of hydrogen-bond acceptors (Lipinski definition) is 11. The summed E-state index contributed by atoms with van der Waals surface area (Å²) in [6, 6.07) is 5.38. The van der Waals surface area contributed by atoms with E-state index in [1.54, 1.807) is 0 Å².